The van der Waals surface area contributed by atoms with E-state index in [0.29, 0.717) is 16.6 Å². The van der Waals surface area contributed by atoms with Crippen molar-refractivity contribution in [3.63, 3.8) is 0 Å². The fourth-order valence-corrected chi connectivity index (χ4v) is 6.46. The number of hydrogen-bond acceptors (Lipinski definition) is 5. The van der Waals surface area contributed by atoms with E-state index < -0.39 is 0 Å². The molecular formula is C18H21N3O2S. The quantitative estimate of drug-likeness (QED) is 0.908. The van der Waals surface area contributed by atoms with E-state index in [-0.39, 0.29) is 11.3 Å². The Kier molecular flexibility index (Phi) is 3.14. The first-order valence-electron chi connectivity index (χ1n) is 8.80. The first kappa shape index (κ1) is 14.6. The molecule has 2 aromatic rings. The number of carbonyl (C=O) groups is 1. The average Bonchev–Trinajstić information content (AvgIpc) is 3.15. The van der Waals surface area contributed by atoms with Crippen LogP contribution in [0.2, 0.25) is 0 Å². The largest absolute Gasteiger partial charge is 0.361 e. The summed E-state index contributed by atoms with van der Waals surface area (Å²) >= 11 is 1.53. The number of thiazole rings is 1. The number of amides is 1. The van der Waals surface area contributed by atoms with Crippen molar-refractivity contribution >= 4 is 22.4 Å². The molecule has 0 aromatic carbocycles. The maximum Gasteiger partial charge on any atom is 0.279 e. The summed E-state index contributed by atoms with van der Waals surface area (Å²) in [6.45, 7) is 1.78. The Balaban J connectivity index is 1.37. The predicted molar refractivity (Wildman–Crippen MR) is 91.2 cm³/mol. The van der Waals surface area contributed by atoms with Crippen LogP contribution in [0.25, 0.3) is 0 Å². The fourth-order valence-electron chi connectivity index (χ4n) is 5.63. The first-order valence-corrected chi connectivity index (χ1v) is 9.68. The van der Waals surface area contributed by atoms with Crippen molar-refractivity contribution < 1.29 is 9.32 Å². The standard InChI is InChI=1S/C18H21N3O2S/c1-10-2-14(21-23-10)16(22)20-17-19-15(9-24-17)18-6-11-3-12(7-18)5-13(4-11)8-18/h2,9,11-13H,3-8H2,1H3,(H,19,20,22). The molecule has 0 atom stereocenters. The van der Waals surface area contributed by atoms with E-state index in [2.05, 4.69) is 15.9 Å². The van der Waals surface area contributed by atoms with Crippen molar-refractivity contribution in [2.75, 3.05) is 5.32 Å². The van der Waals surface area contributed by atoms with Crippen molar-refractivity contribution in [1.82, 2.24) is 10.1 Å². The van der Waals surface area contributed by atoms with Crippen molar-refractivity contribution in [2.24, 2.45) is 17.8 Å². The van der Waals surface area contributed by atoms with Crippen LogP contribution in [0, 0.1) is 24.7 Å². The monoisotopic (exact) mass is 343 g/mol. The Bertz CT molecular complexity index is 759. The SMILES string of the molecule is Cc1cc(C(=O)Nc2nc(C34CC5CC(CC(C5)C3)C4)cs2)no1. The van der Waals surface area contributed by atoms with Crippen molar-refractivity contribution in [3.05, 3.63) is 28.6 Å². The van der Waals surface area contributed by atoms with Gasteiger partial charge >= 0.3 is 0 Å². The minimum atomic E-state index is -0.252. The van der Waals surface area contributed by atoms with Gasteiger partial charge in [-0.2, -0.15) is 0 Å². The number of nitrogens with one attached hydrogen (secondary N) is 1. The fraction of sp³-hybridized carbons (Fsp3) is 0.611. The highest BCUT2D eigenvalue weighted by molar-refractivity contribution is 7.14. The van der Waals surface area contributed by atoms with E-state index in [4.69, 9.17) is 9.51 Å². The van der Waals surface area contributed by atoms with Gasteiger partial charge in [-0.3, -0.25) is 10.1 Å². The highest BCUT2D eigenvalue weighted by atomic mass is 32.1. The molecule has 6 heteroatoms. The molecule has 2 heterocycles. The van der Waals surface area contributed by atoms with Gasteiger partial charge in [0, 0.05) is 16.9 Å². The summed E-state index contributed by atoms with van der Waals surface area (Å²) < 4.78 is 4.97. The summed E-state index contributed by atoms with van der Waals surface area (Å²) in [6, 6.07) is 1.64. The molecule has 0 aliphatic heterocycles. The summed E-state index contributed by atoms with van der Waals surface area (Å²) in [5, 5.41) is 9.47. The van der Waals surface area contributed by atoms with Gasteiger partial charge in [0.2, 0.25) is 0 Å². The summed E-state index contributed by atoms with van der Waals surface area (Å²) in [4.78, 5) is 17.0. The van der Waals surface area contributed by atoms with Crippen molar-refractivity contribution in [1.29, 1.82) is 0 Å². The average molecular weight is 343 g/mol. The lowest BCUT2D eigenvalue weighted by atomic mass is 9.49. The van der Waals surface area contributed by atoms with Crippen LogP contribution in [0.3, 0.4) is 0 Å². The van der Waals surface area contributed by atoms with Crippen molar-refractivity contribution in [2.45, 2.75) is 50.9 Å². The molecule has 4 aliphatic rings. The molecule has 126 valence electrons. The maximum absolute atomic E-state index is 12.2. The van der Waals surface area contributed by atoms with E-state index >= 15 is 0 Å². The molecule has 4 aliphatic carbocycles. The van der Waals surface area contributed by atoms with Gasteiger partial charge in [-0.1, -0.05) is 5.16 Å². The van der Waals surface area contributed by atoms with Crippen LogP contribution in [-0.2, 0) is 5.41 Å². The molecule has 1 N–H and O–H groups in total. The van der Waals surface area contributed by atoms with Crippen LogP contribution in [0.4, 0.5) is 5.13 Å². The minimum Gasteiger partial charge on any atom is -0.361 e. The number of anilines is 1. The van der Waals surface area contributed by atoms with Gasteiger partial charge in [0.25, 0.3) is 5.91 Å². The Hall–Kier alpha value is -1.69. The van der Waals surface area contributed by atoms with Crippen LogP contribution in [-0.4, -0.2) is 16.0 Å². The van der Waals surface area contributed by atoms with Crippen LogP contribution in [0.5, 0.6) is 0 Å². The van der Waals surface area contributed by atoms with E-state index in [9.17, 15) is 4.79 Å². The number of aromatic nitrogens is 2. The number of rotatable bonds is 3. The lowest BCUT2D eigenvalue weighted by Gasteiger charge is -2.56. The maximum atomic E-state index is 12.2. The molecule has 4 saturated carbocycles. The minimum absolute atomic E-state index is 0.252. The number of carbonyl (C=O) groups excluding carboxylic acids is 1. The third-order valence-corrected chi connectivity index (χ3v) is 6.92. The zero-order valence-electron chi connectivity index (χ0n) is 13.7. The van der Waals surface area contributed by atoms with Gasteiger partial charge in [-0.05, 0) is 63.2 Å². The van der Waals surface area contributed by atoms with Gasteiger partial charge in [0.05, 0.1) is 5.69 Å². The molecule has 0 saturated heterocycles. The van der Waals surface area contributed by atoms with Crippen LogP contribution in [0.1, 0.15) is 60.5 Å². The molecule has 5 nitrogen and oxygen atoms in total. The Morgan fingerprint density at radius 3 is 2.50 bits per heavy atom. The van der Waals surface area contributed by atoms with Crippen LogP contribution < -0.4 is 5.32 Å². The summed E-state index contributed by atoms with van der Waals surface area (Å²) in [5.74, 6) is 3.07. The molecule has 1 amide bonds. The Labute approximate surface area is 144 Å². The predicted octanol–water partition coefficient (Wildman–Crippen LogP) is 4.16. The Morgan fingerprint density at radius 1 is 1.25 bits per heavy atom. The lowest BCUT2D eigenvalue weighted by molar-refractivity contribution is -0.00688. The zero-order valence-corrected chi connectivity index (χ0v) is 14.6. The van der Waals surface area contributed by atoms with Gasteiger partial charge in [0.15, 0.2) is 10.8 Å². The molecule has 6 rings (SSSR count). The molecule has 0 spiro atoms. The summed E-state index contributed by atoms with van der Waals surface area (Å²) in [5.41, 5.74) is 1.79. The number of nitrogens with zero attached hydrogens (tertiary/aromatic N) is 2. The smallest absolute Gasteiger partial charge is 0.279 e. The first-order chi connectivity index (χ1) is 11.6. The van der Waals surface area contributed by atoms with Gasteiger partial charge in [-0.25, -0.2) is 4.98 Å². The third kappa shape index (κ3) is 2.31. The second-order valence-corrected chi connectivity index (χ2v) is 8.87. The second kappa shape index (κ2) is 5.15. The molecule has 0 radical (unpaired) electrons. The highest BCUT2D eigenvalue weighted by Crippen LogP contribution is 2.60. The summed E-state index contributed by atoms with van der Waals surface area (Å²) in [6.07, 6.45) is 8.16. The van der Waals surface area contributed by atoms with Crippen molar-refractivity contribution in [3.8, 4) is 0 Å². The van der Waals surface area contributed by atoms with E-state index in [0.717, 1.165) is 17.8 Å². The van der Waals surface area contributed by atoms with E-state index in [1.807, 2.05) is 0 Å². The molecule has 4 bridgehead atoms. The topological polar surface area (TPSA) is 68.0 Å². The van der Waals surface area contributed by atoms with Gasteiger partial charge < -0.3 is 4.52 Å². The summed E-state index contributed by atoms with van der Waals surface area (Å²) in [7, 11) is 0. The molecular weight excluding hydrogens is 322 g/mol. The highest BCUT2D eigenvalue weighted by Gasteiger charge is 2.52. The third-order valence-electron chi connectivity index (χ3n) is 6.17. The molecule has 0 unspecified atom stereocenters. The van der Waals surface area contributed by atoms with Gasteiger partial charge in [-0.15, -0.1) is 11.3 Å². The Morgan fingerprint density at radius 2 is 1.92 bits per heavy atom. The van der Waals surface area contributed by atoms with E-state index in [1.54, 1.807) is 13.0 Å². The lowest BCUT2D eigenvalue weighted by Crippen LogP contribution is -2.48. The number of hydrogen-bond donors (Lipinski definition) is 1. The molecule has 24 heavy (non-hydrogen) atoms. The van der Waals surface area contributed by atoms with Crippen LogP contribution in [0.15, 0.2) is 16.0 Å². The molecule has 4 fully saturated rings. The van der Waals surface area contributed by atoms with Gasteiger partial charge in [0.1, 0.15) is 5.76 Å². The second-order valence-electron chi connectivity index (χ2n) is 8.01. The zero-order chi connectivity index (χ0) is 16.3. The number of aryl methyl sites for hydroxylation is 1. The van der Waals surface area contributed by atoms with E-state index in [1.165, 1.54) is 55.6 Å². The molecule has 2 aromatic heterocycles. The van der Waals surface area contributed by atoms with Crippen LogP contribution >= 0.6 is 11.3 Å². The normalized spacial score (nSPS) is 33.8.